The molecule has 2 rings (SSSR count). The molecule has 1 fully saturated rings. The fourth-order valence-corrected chi connectivity index (χ4v) is 2.93. The van der Waals surface area contributed by atoms with Gasteiger partial charge in [-0.2, -0.15) is 0 Å². The molecule has 1 aromatic carbocycles. The fraction of sp³-hybridized carbons (Fsp3) is 0.562. The molecule has 0 spiro atoms. The summed E-state index contributed by atoms with van der Waals surface area (Å²) in [4.78, 5) is 12.0. The van der Waals surface area contributed by atoms with Gasteiger partial charge in [0.15, 0.2) is 0 Å². The van der Waals surface area contributed by atoms with Crippen LogP contribution in [0.4, 0.5) is 0 Å². The monoisotopic (exact) mass is 374 g/mol. The highest BCUT2D eigenvalue weighted by Gasteiger charge is 2.19. The number of hydrogen-bond donors (Lipinski definition) is 2. The number of amides is 1. The van der Waals surface area contributed by atoms with Gasteiger partial charge in [0.05, 0.1) is 0 Å². The molecule has 1 saturated heterocycles. The number of hydrogen-bond acceptors (Lipinski definition) is 2. The molecule has 21 heavy (non-hydrogen) atoms. The van der Waals surface area contributed by atoms with Gasteiger partial charge in [0.1, 0.15) is 0 Å². The van der Waals surface area contributed by atoms with E-state index in [0.717, 1.165) is 30.3 Å². The maximum atomic E-state index is 12.0. The third-order valence-electron chi connectivity index (χ3n) is 3.85. The minimum atomic E-state index is 0. The first kappa shape index (κ1) is 18.5. The number of nitrogens with one attached hydrogen (secondary N) is 2. The Hall–Kier alpha value is -0.580. The zero-order valence-corrected chi connectivity index (χ0v) is 15.0. The quantitative estimate of drug-likeness (QED) is 0.847. The van der Waals surface area contributed by atoms with Crippen molar-refractivity contribution in [3.8, 4) is 0 Å². The number of piperidine rings is 1. The molecule has 0 aromatic heterocycles. The van der Waals surface area contributed by atoms with Crippen molar-refractivity contribution in [2.45, 2.75) is 51.6 Å². The second-order valence-electron chi connectivity index (χ2n) is 5.73. The zero-order valence-electron chi connectivity index (χ0n) is 12.6. The van der Waals surface area contributed by atoms with E-state index < -0.39 is 0 Å². The summed E-state index contributed by atoms with van der Waals surface area (Å²) in [6, 6.07) is 7.12. The maximum absolute atomic E-state index is 12.0. The van der Waals surface area contributed by atoms with Crippen LogP contribution in [-0.2, 0) is 11.2 Å². The largest absolute Gasteiger partial charge is 0.353 e. The van der Waals surface area contributed by atoms with Gasteiger partial charge in [-0.1, -0.05) is 28.1 Å². The SMILES string of the molecule is Cc1cc(CCC(=O)NC2CCNC(C)C2)ccc1Br.Cl. The summed E-state index contributed by atoms with van der Waals surface area (Å²) in [6.45, 7) is 5.24. The van der Waals surface area contributed by atoms with E-state index in [2.05, 4.69) is 58.6 Å². The predicted octanol–water partition coefficient (Wildman–Crippen LogP) is 3.37. The fourth-order valence-electron chi connectivity index (χ4n) is 2.68. The molecule has 0 aliphatic carbocycles. The Labute approximate surface area is 141 Å². The van der Waals surface area contributed by atoms with E-state index in [4.69, 9.17) is 0 Å². The van der Waals surface area contributed by atoms with Crippen LogP contribution in [-0.4, -0.2) is 24.5 Å². The van der Waals surface area contributed by atoms with Crippen molar-refractivity contribution >= 4 is 34.2 Å². The maximum Gasteiger partial charge on any atom is 0.220 e. The molecule has 2 N–H and O–H groups in total. The van der Waals surface area contributed by atoms with Crippen LogP contribution in [0.25, 0.3) is 0 Å². The topological polar surface area (TPSA) is 41.1 Å². The first-order valence-corrected chi connectivity index (χ1v) is 8.11. The molecule has 118 valence electrons. The van der Waals surface area contributed by atoms with Gasteiger partial charge in [-0.15, -0.1) is 12.4 Å². The lowest BCUT2D eigenvalue weighted by molar-refractivity contribution is -0.122. The molecule has 1 heterocycles. The van der Waals surface area contributed by atoms with E-state index in [-0.39, 0.29) is 18.3 Å². The second-order valence-corrected chi connectivity index (χ2v) is 6.58. The summed E-state index contributed by atoms with van der Waals surface area (Å²) in [6.07, 6.45) is 3.44. The van der Waals surface area contributed by atoms with Gasteiger partial charge in [-0.3, -0.25) is 4.79 Å². The first-order valence-electron chi connectivity index (χ1n) is 7.32. The van der Waals surface area contributed by atoms with Crippen molar-refractivity contribution < 1.29 is 4.79 Å². The molecule has 0 bridgehead atoms. The van der Waals surface area contributed by atoms with Crippen molar-refractivity contribution in [3.63, 3.8) is 0 Å². The van der Waals surface area contributed by atoms with Crippen LogP contribution in [0.2, 0.25) is 0 Å². The second kappa shape index (κ2) is 8.76. The number of carbonyl (C=O) groups excluding carboxylic acids is 1. The highest BCUT2D eigenvalue weighted by atomic mass is 79.9. The van der Waals surface area contributed by atoms with Crippen molar-refractivity contribution in [1.29, 1.82) is 0 Å². The van der Waals surface area contributed by atoms with Gasteiger partial charge in [-0.25, -0.2) is 0 Å². The minimum Gasteiger partial charge on any atom is -0.353 e. The van der Waals surface area contributed by atoms with Crippen LogP contribution in [0.5, 0.6) is 0 Å². The van der Waals surface area contributed by atoms with E-state index in [0.29, 0.717) is 18.5 Å². The lowest BCUT2D eigenvalue weighted by atomic mass is 10.00. The molecular weight excluding hydrogens is 352 g/mol. The van der Waals surface area contributed by atoms with Gasteiger partial charge in [-0.05, 0) is 56.8 Å². The van der Waals surface area contributed by atoms with E-state index in [9.17, 15) is 4.79 Å². The normalized spacial score (nSPS) is 21.5. The predicted molar refractivity (Wildman–Crippen MR) is 93.1 cm³/mol. The van der Waals surface area contributed by atoms with Crippen LogP contribution in [0.15, 0.2) is 22.7 Å². The number of rotatable bonds is 4. The summed E-state index contributed by atoms with van der Waals surface area (Å²) >= 11 is 3.50. The van der Waals surface area contributed by atoms with Crippen molar-refractivity contribution in [3.05, 3.63) is 33.8 Å². The summed E-state index contributed by atoms with van der Waals surface area (Å²) in [5.41, 5.74) is 2.44. The summed E-state index contributed by atoms with van der Waals surface area (Å²) in [5, 5.41) is 6.56. The highest BCUT2D eigenvalue weighted by Crippen LogP contribution is 2.18. The molecule has 1 amide bonds. The zero-order chi connectivity index (χ0) is 14.5. The first-order chi connectivity index (χ1) is 9.54. The number of aryl methyl sites for hydroxylation is 2. The van der Waals surface area contributed by atoms with Crippen molar-refractivity contribution in [1.82, 2.24) is 10.6 Å². The molecule has 0 saturated carbocycles. The Morgan fingerprint density at radius 1 is 1.48 bits per heavy atom. The van der Waals surface area contributed by atoms with Gasteiger partial charge in [0.2, 0.25) is 5.91 Å². The Morgan fingerprint density at radius 2 is 2.24 bits per heavy atom. The molecule has 0 radical (unpaired) electrons. The van der Waals surface area contributed by atoms with E-state index in [1.807, 2.05) is 0 Å². The molecule has 2 atom stereocenters. The van der Waals surface area contributed by atoms with Crippen molar-refractivity contribution in [2.24, 2.45) is 0 Å². The Balaban J connectivity index is 0.00000220. The molecule has 3 nitrogen and oxygen atoms in total. The van der Waals surface area contributed by atoms with E-state index in [1.54, 1.807) is 0 Å². The minimum absolute atomic E-state index is 0. The van der Waals surface area contributed by atoms with Gasteiger partial charge < -0.3 is 10.6 Å². The van der Waals surface area contributed by atoms with Gasteiger partial charge >= 0.3 is 0 Å². The third-order valence-corrected chi connectivity index (χ3v) is 4.74. The van der Waals surface area contributed by atoms with Gasteiger partial charge in [0, 0.05) is 23.0 Å². The number of carbonyl (C=O) groups is 1. The smallest absolute Gasteiger partial charge is 0.220 e. The Bertz CT molecular complexity index is 481. The average Bonchev–Trinajstić information content (AvgIpc) is 2.40. The average molecular weight is 376 g/mol. The summed E-state index contributed by atoms with van der Waals surface area (Å²) < 4.78 is 1.12. The third kappa shape index (κ3) is 5.97. The van der Waals surface area contributed by atoms with Crippen molar-refractivity contribution in [2.75, 3.05) is 6.54 Å². The molecule has 1 aliphatic rings. The molecule has 2 unspecified atom stereocenters. The van der Waals surface area contributed by atoms with Crippen LogP contribution in [0, 0.1) is 6.92 Å². The summed E-state index contributed by atoms with van der Waals surface area (Å²) in [5.74, 6) is 0.171. The molecular formula is C16H24BrClN2O. The Kier molecular flexibility index (Phi) is 7.71. The lowest BCUT2D eigenvalue weighted by Crippen LogP contribution is -2.46. The lowest BCUT2D eigenvalue weighted by Gasteiger charge is -2.28. The van der Waals surface area contributed by atoms with E-state index in [1.165, 1.54) is 11.1 Å². The number of benzene rings is 1. The highest BCUT2D eigenvalue weighted by molar-refractivity contribution is 9.10. The summed E-state index contributed by atoms with van der Waals surface area (Å²) in [7, 11) is 0. The molecule has 1 aliphatic heterocycles. The van der Waals surface area contributed by atoms with Crippen LogP contribution >= 0.6 is 28.3 Å². The standard InChI is InChI=1S/C16H23BrN2O.ClH/c1-11-9-13(3-5-15(11)17)4-6-16(20)19-14-7-8-18-12(2)10-14;/h3,5,9,12,14,18H,4,6-8,10H2,1-2H3,(H,19,20);1H. The van der Waals surface area contributed by atoms with Crippen LogP contribution in [0.3, 0.4) is 0 Å². The van der Waals surface area contributed by atoms with E-state index >= 15 is 0 Å². The molecule has 1 aromatic rings. The number of halogens is 2. The molecule has 5 heteroatoms. The van der Waals surface area contributed by atoms with Crippen LogP contribution in [0.1, 0.15) is 37.3 Å². The van der Waals surface area contributed by atoms with Gasteiger partial charge in [0.25, 0.3) is 0 Å². The van der Waals surface area contributed by atoms with Crippen LogP contribution < -0.4 is 10.6 Å². The Morgan fingerprint density at radius 3 is 2.90 bits per heavy atom.